The van der Waals surface area contributed by atoms with E-state index in [9.17, 15) is 14.7 Å². The van der Waals surface area contributed by atoms with Crippen LogP contribution in [0.25, 0.3) is 0 Å². The lowest BCUT2D eigenvalue weighted by Gasteiger charge is -2.70. The number of carbonyl (C=O) groups is 2. The van der Waals surface area contributed by atoms with Gasteiger partial charge in [-0.2, -0.15) is 0 Å². The Balaban J connectivity index is 1.61. The first-order chi connectivity index (χ1) is 16.1. The van der Waals surface area contributed by atoms with Gasteiger partial charge in [0.15, 0.2) is 5.78 Å². The first-order valence-corrected chi connectivity index (χ1v) is 14.1. The highest BCUT2D eigenvalue weighted by atomic mass is 16.5. The van der Waals surface area contributed by atoms with E-state index in [2.05, 4.69) is 54.5 Å². The molecule has 3 unspecified atom stereocenters. The van der Waals surface area contributed by atoms with Crippen molar-refractivity contribution in [1.29, 1.82) is 0 Å². The third-order valence-electron chi connectivity index (χ3n) is 12.9. The molecule has 0 aromatic carbocycles. The molecule has 8 atom stereocenters. The molecule has 4 nitrogen and oxygen atoms in total. The van der Waals surface area contributed by atoms with Crippen molar-refractivity contribution in [2.24, 2.45) is 50.2 Å². The molecule has 0 heterocycles. The Morgan fingerprint density at radius 1 is 0.943 bits per heavy atom. The third-order valence-corrected chi connectivity index (χ3v) is 12.9. The first-order valence-electron chi connectivity index (χ1n) is 14.1. The summed E-state index contributed by atoms with van der Waals surface area (Å²) in [5.41, 5.74) is 0.916. The lowest BCUT2D eigenvalue weighted by atomic mass is 9.33. The predicted octanol–water partition coefficient (Wildman–Crippen LogP) is 6.50. The van der Waals surface area contributed by atoms with Crippen LogP contribution >= 0.6 is 0 Å². The van der Waals surface area contributed by atoms with Gasteiger partial charge in [0.2, 0.25) is 0 Å². The molecule has 1 N–H and O–H groups in total. The quantitative estimate of drug-likeness (QED) is 0.341. The number of aliphatic hydroxyl groups is 1. The topological polar surface area (TPSA) is 63.6 Å². The number of carbonyl (C=O) groups excluding carboxylic acids is 2. The van der Waals surface area contributed by atoms with E-state index in [1.54, 1.807) is 7.11 Å². The summed E-state index contributed by atoms with van der Waals surface area (Å²) in [4.78, 5) is 26.4. The Bertz CT molecular complexity index is 976. The Hall–Kier alpha value is -1.16. The maximum atomic E-state index is 13.3. The van der Waals surface area contributed by atoms with Gasteiger partial charge in [0.05, 0.1) is 12.5 Å². The number of rotatable bonds is 1. The highest BCUT2D eigenvalue weighted by Crippen LogP contribution is 2.75. The summed E-state index contributed by atoms with van der Waals surface area (Å²) >= 11 is 0. The normalized spacial score (nSPS) is 50.1. The molecule has 0 aromatic heterocycles. The molecule has 4 saturated carbocycles. The Labute approximate surface area is 212 Å². The fourth-order valence-electron chi connectivity index (χ4n) is 10.8. The summed E-state index contributed by atoms with van der Waals surface area (Å²) in [5.74, 6) is 1.00. The third kappa shape index (κ3) is 3.07. The molecule has 4 heteroatoms. The van der Waals surface area contributed by atoms with Crippen molar-refractivity contribution in [2.75, 3.05) is 7.11 Å². The summed E-state index contributed by atoms with van der Waals surface area (Å²) in [6.07, 6.45) is 10.4. The summed E-state index contributed by atoms with van der Waals surface area (Å²) in [7, 11) is 1.56. The number of esters is 1. The average molecular weight is 485 g/mol. The zero-order valence-electron chi connectivity index (χ0n) is 23.4. The SMILES string of the molecule is COC(=O)[C@]12CCC(C)(C)CC1C1=CCC3[C@@]4(C)C[C@@H](O)C(=O)C(C)(C)C4CC[C@@]3(C)[C@]1(C)CC2. The Morgan fingerprint density at radius 2 is 1.60 bits per heavy atom. The lowest BCUT2D eigenvalue weighted by Crippen LogP contribution is -2.66. The van der Waals surface area contributed by atoms with Crippen LogP contribution in [0, 0.1) is 50.2 Å². The predicted molar refractivity (Wildman–Crippen MR) is 137 cm³/mol. The number of aliphatic hydroxyl groups excluding tert-OH is 1. The van der Waals surface area contributed by atoms with E-state index in [4.69, 9.17) is 4.74 Å². The maximum Gasteiger partial charge on any atom is 0.312 e. The minimum atomic E-state index is -0.857. The van der Waals surface area contributed by atoms with Gasteiger partial charge in [-0.1, -0.05) is 60.1 Å². The van der Waals surface area contributed by atoms with Gasteiger partial charge >= 0.3 is 5.97 Å². The second-order valence-electron chi connectivity index (χ2n) is 15.2. The number of ketones is 1. The van der Waals surface area contributed by atoms with Crippen molar-refractivity contribution in [3.05, 3.63) is 11.6 Å². The number of fused-ring (bicyclic) bond motifs is 7. The number of ether oxygens (including phenoxy) is 1. The largest absolute Gasteiger partial charge is 0.469 e. The monoisotopic (exact) mass is 484 g/mol. The molecule has 0 spiro atoms. The van der Waals surface area contributed by atoms with Crippen LogP contribution in [-0.2, 0) is 14.3 Å². The summed E-state index contributed by atoms with van der Waals surface area (Å²) in [6.45, 7) is 16.3. The summed E-state index contributed by atoms with van der Waals surface area (Å²) in [6, 6.07) is 0. The number of Topliss-reactive ketones (excluding diaryl/α,β-unsaturated/α-hetero) is 1. The van der Waals surface area contributed by atoms with Crippen LogP contribution in [0.1, 0.15) is 106 Å². The fraction of sp³-hybridized carbons (Fsp3) is 0.871. The van der Waals surface area contributed by atoms with Crippen molar-refractivity contribution in [2.45, 2.75) is 112 Å². The molecule has 5 rings (SSSR count). The number of methoxy groups -OCH3 is 1. The van der Waals surface area contributed by atoms with Crippen LogP contribution in [0.15, 0.2) is 11.6 Å². The van der Waals surface area contributed by atoms with E-state index in [0.29, 0.717) is 18.3 Å². The number of hydrogen-bond acceptors (Lipinski definition) is 4. The molecule has 35 heavy (non-hydrogen) atoms. The van der Waals surface area contributed by atoms with Crippen molar-refractivity contribution in [3.63, 3.8) is 0 Å². The fourth-order valence-corrected chi connectivity index (χ4v) is 10.8. The molecule has 0 bridgehead atoms. The molecule has 5 aliphatic carbocycles. The van der Waals surface area contributed by atoms with Gasteiger partial charge in [-0.25, -0.2) is 0 Å². The average Bonchev–Trinajstić information content (AvgIpc) is 2.77. The van der Waals surface area contributed by atoms with Crippen molar-refractivity contribution >= 4 is 11.8 Å². The van der Waals surface area contributed by atoms with Gasteiger partial charge in [-0.05, 0) is 97.2 Å². The van der Waals surface area contributed by atoms with E-state index in [0.717, 1.165) is 51.4 Å². The molecule has 5 aliphatic rings. The van der Waals surface area contributed by atoms with Crippen molar-refractivity contribution in [1.82, 2.24) is 0 Å². The van der Waals surface area contributed by atoms with Crippen LogP contribution in [0.4, 0.5) is 0 Å². The first kappa shape index (κ1) is 25.5. The maximum absolute atomic E-state index is 13.3. The lowest BCUT2D eigenvalue weighted by molar-refractivity contribution is -0.201. The zero-order chi connectivity index (χ0) is 25.8. The molecule has 0 saturated heterocycles. The molecular formula is C31H48O4. The Morgan fingerprint density at radius 3 is 2.26 bits per heavy atom. The molecule has 0 aliphatic heterocycles. The zero-order valence-corrected chi connectivity index (χ0v) is 23.4. The van der Waals surface area contributed by atoms with Gasteiger partial charge in [0, 0.05) is 5.41 Å². The van der Waals surface area contributed by atoms with Gasteiger partial charge < -0.3 is 9.84 Å². The minimum absolute atomic E-state index is 0.000406. The van der Waals surface area contributed by atoms with E-state index in [1.807, 2.05) is 0 Å². The van der Waals surface area contributed by atoms with Crippen LogP contribution in [-0.4, -0.2) is 30.1 Å². The van der Waals surface area contributed by atoms with Gasteiger partial charge in [0.25, 0.3) is 0 Å². The van der Waals surface area contributed by atoms with Crippen LogP contribution in [0.3, 0.4) is 0 Å². The number of hydrogen-bond donors (Lipinski definition) is 1. The van der Waals surface area contributed by atoms with Crippen LogP contribution in [0.2, 0.25) is 0 Å². The van der Waals surface area contributed by atoms with Gasteiger partial charge in [-0.15, -0.1) is 0 Å². The molecule has 0 aromatic rings. The van der Waals surface area contributed by atoms with E-state index in [1.165, 1.54) is 5.57 Å². The highest BCUT2D eigenvalue weighted by Gasteiger charge is 2.70. The van der Waals surface area contributed by atoms with Crippen molar-refractivity contribution in [3.8, 4) is 0 Å². The standard InChI is InChI=1S/C31H48O4/c1-26(2)13-15-31(25(34)35-8)16-14-29(6)19(20(31)17-26)9-10-23-28(5)18-21(32)24(33)27(3,4)22(28)11-12-30(23,29)7/h9,20-23,32H,10-18H2,1-8H3/t20?,21-,22?,23?,28+,29-,30-,31+/m1/s1. The van der Waals surface area contributed by atoms with Gasteiger partial charge in [-0.3, -0.25) is 9.59 Å². The Kier molecular flexibility index (Phi) is 5.43. The summed E-state index contributed by atoms with van der Waals surface area (Å²) in [5, 5.41) is 10.9. The van der Waals surface area contributed by atoms with Crippen molar-refractivity contribution < 1.29 is 19.4 Å². The minimum Gasteiger partial charge on any atom is -0.469 e. The van der Waals surface area contributed by atoms with Crippen LogP contribution in [0.5, 0.6) is 0 Å². The second kappa shape index (κ2) is 7.45. The molecular weight excluding hydrogens is 436 g/mol. The van der Waals surface area contributed by atoms with Crippen LogP contribution < -0.4 is 0 Å². The molecule has 0 radical (unpaired) electrons. The van der Waals surface area contributed by atoms with E-state index in [-0.39, 0.29) is 44.7 Å². The summed E-state index contributed by atoms with van der Waals surface area (Å²) < 4.78 is 5.47. The molecule has 196 valence electrons. The smallest absolute Gasteiger partial charge is 0.312 e. The second-order valence-corrected chi connectivity index (χ2v) is 15.2. The molecule has 4 fully saturated rings. The van der Waals surface area contributed by atoms with Gasteiger partial charge in [0.1, 0.15) is 6.10 Å². The van der Waals surface area contributed by atoms with E-state index < -0.39 is 11.5 Å². The number of allylic oxidation sites excluding steroid dienone is 2. The highest BCUT2D eigenvalue weighted by molar-refractivity contribution is 5.89. The van der Waals surface area contributed by atoms with E-state index >= 15 is 0 Å². The molecule has 0 amide bonds.